The largest absolute Gasteiger partial charge is 0.497 e. The minimum absolute atomic E-state index is 0.0690. The van der Waals surface area contributed by atoms with Gasteiger partial charge < -0.3 is 25.8 Å². The van der Waals surface area contributed by atoms with Crippen molar-refractivity contribution in [1.82, 2.24) is 10.2 Å². The second-order valence-corrected chi connectivity index (χ2v) is 11.5. The van der Waals surface area contributed by atoms with Crippen LogP contribution in [-0.2, 0) is 6.42 Å². The zero-order valence-electron chi connectivity index (χ0n) is 24.5. The summed E-state index contributed by atoms with van der Waals surface area (Å²) in [6.07, 6.45) is -0.475. The topological polar surface area (TPSA) is 105 Å². The number of ether oxygens (including phenoxy) is 1. The Balaban J connectivity index is 1.71. The maximum atomic E-state index is 14.4. The van der Waals surface area contributed by atoms with Crippen molar-refractivity contribution < 1.29 is 19.4 Å². The van der Waals surface area contributed by atoms with Crippen molar-refractivity contribution in [3.8, 4) is 5.75 Å². The number of nitrogens with two attached hydrogens (primary N) is 1. The molecule has 0 fully saturated rings. The van der Waals surface area contributed by atoms with Crippen molar-refractivity contribution in [3.63, 3.8) is 0 Å². The number of aryl methyl sites for hydroxylation is 1. The van der Waals surface area contributed by atoms with E-state index in [1.54, 1.807) is 41.5 Å². The fraction of sp³-hybridized carbons (Fsp3) is 0.294. The molecule has 1 heterocycles. The molecule has 4 N–H and O–H groups in total. The Morgan fingerprint density at radius 1 is 0.976 bits per heavy atom. The molecule has 0 saturated heterocycles. The minimum Gasteiger partial charge on any atom is -0.497 e. The number of aliphatic hydroxyl groups is 1. The molecule has 0 spiro atoms. The molecule has 4 aromatic rings. The third-order valence-electron chi connectivity index (χ3n) is 7.64. The van der Waals surface area contributed by atoms with Crippen LogP contribution in [0.15, 0.2) is 90.3 Å². The number of nitrogens with zero attached hydrogens (tertiary/aromatic N) is 1. The highest BCUT2D eigenvalue weighted by Crippen LogP contribution is 2.33. The first-order chi connectivity index (χ1) is 20.2. The number of rotatable bonds is 13. The Morgan fingerprint density at radius 3 is 2.36 bits per heavy atom. The molecule has 0 aliphatic rings. The van der Waals surface area contributed by atoms with E-state index in [4.69, 9.17) is 10.5 Å². The van der Waals surface area contributed by atoms with E-state index >= 15 is 0 Å². The number of primary amides is 1. The maximum absolute atomic E-state index is 14.4. The number of nitrogens with one attached hydrogen (secondary N) is 1. The van der Waals surface area contributed by atoms with Gasteiger partial charge in [-0.2, -0.15) is 0 Å². The van der Waals surface area contributed by atoms with Crippen molar-refractivity contribution in [2.75, 3.05) is 13.7 Å². The van der Waals surface area contributed by atoms with Gasteiger partial charge >= 0.3 is 0 Å². The SMILES string of the molecule is COc1cccc([C@@H](C)NC[C@@H](O)[C@H](Cc2ccccc2)N(C(=O)c2cccc(C(N)=O)c2)C(C)c2sccc2C)c1. The summed E-state index contributed by atoms with van der Waals surface area (Å²) in [6.45, 7) is 6.30. The molecule has 4 rings (SSSR count). The molecule has 2 amide bonds. The van der Waals surface area contributed by atoms with E-state index in [0.717, 1.165) is 27.3 Å². The summed E-state index contributed by atoms with van der Waals surface area (Å²) in [4.78, 5) is 29.1. The van der Waals surface area contributed by atoms with E-state index in [2.05, 4.69) is 5.32 Å². The number of hydrogen-bond acceptors (Lipinski definition) is 6. The van der Waals surface area contributed by atoms with Crippen LogP contribution in [0.1, 0.15) is 68.2 Å². The number of carbonyl (C=O) groups excluding carboxylic acids is 2. The Bertz CT molecular complexity index is 1490. The van der Waals surface area contributed by atoms with Gasteiger partial charge in [0.05, 0.1) is 25.3 Å². The van der Waals surface area contributed by atoms with Gasteiger partial charge in [-0.3, -0.25) is 9.59 Å². The Labute approximate surface area is 252 Å². The monoisotopic (exact) mass is 585 g/mol. The van der Waals surface area contributed by atoms with Gasteiger partial charge in [0.2, 0.25) is 5.91 Å². The number of amides is 2. The summed E-state index contributed by atoms with van der Waals surface area (Å²) in [5, 5.41) is 17.3. The highest BCUT2D eigenvalue weighted by molar-refractivity contribution is 7.10. The summed E-state index contributed by atoms with van der Waals surface area (Å²) in [5.74, 6) is -0.118. The van der Waals surface area contributed by atoms with E-state index < -0.39 is 18.1 Å². The summed E-state index contributed by atoms with van der Waals surface area (Å²) >= 11 is 1.58. The van der Waals surface area contributed by atoms with E-state index in [1.807, 2.05) is 86.8 Å². The zero-order chi connectivity index (χ0) is 30.2. The molecular formula is C34H39N3O4S. The fourth-order valence-corrected chi connectivity index (χ4v) is 6.23. The molecule has 0 aliphatic carbocycles. The lowest BCUT2D eigenvalue weighted by atomic mass is 9.95. The van der Waals surface area contributed by atoms with E-state index in [0.29, 0.717) is 12.0 Å². The molecule has 1 aromatic heterocycles. The standard InChI is InChI=1S/C34H39N3O4S/c1-22-16-17-42-32(22)24(3)37(34(40)28-14-8-13-27(19-28)33(35)39)30(18-25-10-6-5-7-11-25)31(38)21-36-23(2)26-12-9-15-29(20-26)41-4/h5-17,19-20,23-24,30-31,36,38H,18,21H2,1-4H3,(H2,35,39)/t23-,24?,30+,31-/m1/s1. The lowest BCUT2D eigenvalue weighted by Crippen LogP contribution is -2.52. The number of aliphatic hydroxyl groups excluding tert-OH is 1. The zero-order valence-corrected chi connectivity index (χ0v) is 25.3. The van der Waals surface area contributed by atoms with Gasteiger partial charge in [-0.05, 0) is 85.7 Å². The van der Waals surface area contributed by atoms with Gasteiger partial charge in [-0.25, -0.2) is 0 Å². The van der Waals surface area contributed by atoms with Crippen molar-refractivity contribution in [1.29, 1.82) is 0 Å². The number of hydrogen-bond donors (Lipinski definition) is 3. The van der Waals surface area contributed by atoms with Crippen LogP contribution in [-0.4, -0.2) is 47.6 Å². The quantitative estimate of drug-likeness (QED) is 0.187. The molecule has 42 heavy (non-hydrogen) atoms. The summed E-state index contributed by atoms with van der Waals surface area (Å²) < 4.78 is 5.38. The van der Waals surface area contributed by atoms with Crippen LogP contribution in [0.2, 0.25) is 0 Å². The van der Waals surface area contributed by atoms with Crippen LogP contribution in [0, 0.1) is 6.92 Å². The highest BCUT2D eigenvalue weighted by atomic mass is 32.1. The van der Waals surface area contributed by atoms with E-state index in [9.17, 15) is 14.7 Å². The van der Waals surface area contributed by atoms with Gasteiger partial charge in [0.15, 0.2) is 0 Å². The first-order valence-electron chi connectivity index (χ1n) is 14.1. The molecule has 0 saturated carbocycles. The normalized spacial score (nSPS) is 14.0. The predicted octanol–water partition coefficient (Wildman–Crippen LogP) is 5.69. The maximum Gasteiger partial charge on any atom is 0.254 e. The second kappa shape index (κ2) is 14.3. The fourth-order valence-electron chi connectivity index (χ4n) is 5.24. The van der Waals surface area contributed by atoms with Crippen LogP contribution in [0.25, 0.3) is 0 Å². The van der Waals surface area contributed by atoms with Gasteiger partial charge in [0, 0.05) is 28.6 Å². The second-order valence-electron chi connectivity index (χ2n) is 10.5. The molecule has 0 bridgehead atoms. The van der Waals surface area contributed by atoms with Gasteiger partial charge in [-0.15, -0.1) is 11.3 Å². The molecule has 8 heteroatoms. The number of carbonyl (C=O) groups is 2. The predicted molar refractivity (Wildman–Crippen MR) is 168 cm³/mol. The lowest BCUT2D eigenvalue weighted by Gasteiger charge is -2.40. The Hall–Kier alpha value is -3.98. The van der Waals surface area contributed by atoms with Crippen LogP contribution < -0.4 is 15.8 Å². The molecule has 3 aromatic carbocycles. The minimum atomic E-state index is -0.913. The lowest BCUT2D eigenvalue weighted by molar-refractivity contribution is 0.0219. The van der Waals surface area contributed by atoms with Crippen molar-refractivity contribution >= 4 is 23.2 Å². The van der Waals surface area contributed by atoms with Crippen molar-refractivity contribution in [2.24, 2.45) is 5.73 Å². The smallest absolute Gasteiger partial charge is 0.254 e. The van der Waals surface area contributed by atoms with Crippen LogP contribution in [0.4, 0.5) is 0 Å². The third-order valence-corrected chi connectivity index (χ3v) is 8.83. The number of methoxy groups -OCH3 is 1. The van der Waals surface area contributed by atoms with Gasteiger partial charge in [-0.1, -0.05) is 48.5 Å². The van der Waals surface area contributed by atoms with Crippen molar-refractivity contribution in [2.45, 2.75) is 51.4 Å². The van der Waals surface area contributed by atoms with E-state index in [1.165, 1.54) is 6.07 Å². The Morgan fingerprint density at radius 2 is 1.69 bits per heavy atom. The average Bonchev–Trinajstić information content (AvgIpc) is 3.45. The summed E-state index contributed by atoms with van der Waals surface area (Å²) in [5.41, 5.74) is 9.25. The summed E-state index contributed by atoms with van der Waals surface area (Å²) in [7, 11) is 1.64. The number of thiophene rings is 1. The molecule has 1 unspecified atom stereocenters. The first-order valence-corrected chi connectivity index (χ1v) is 14.9. The van der Waals surface area contributed by atoms with Crippen LogP contribution in [0.5, 0.6) is 5.75 Å². The van der Waals surface area contributed by atoms with Crippen LogP contribution >= 0.6 is 11.3 Å². The van der Waals surface area contributed by atoms with Gasteiger partial charge in [0.1, 0.15) is 5.75 Å². The number of benzene rings is 3. The third kappa shape index (κ3) is 7.45. The molecular weight excluding hydrogens is 546 g/mol. The van der Waals surface area contributed by atoms with E-state index in [-0.39, 0.29) is 30.1 Å². The molecule has 0 aliphatic heterocycles. The molecule has 7 nitrogen and oxygen atoms in total. The highest BCUT2D eigenvalue weighted by Gasteiger charge is 2.36. The summed E-state index contributed by atoms with van der Waals surface area (Å²) in [6, 6.07) is 25.2. The van der Waals surface area contributed by atoms with Gasteiger partial charge in [0.25, 0.3) is 5.91 Å². The Kier molecular flexibility index (Phi) is 10.5. The van der Waals surface area contributed by atoms with Crippen LogP contribution in [0.3, 0.4) is 0 Å². The average molecular weight is 586 g/mol. The van der Waals surface area contributed by atoms with Crippen molar-refractivity contribution in [3.05, 3.63) is 123 Å². The first kappa shape index (κ1) is 31.0. The molecule has 220 valence electrons. The molecule has 0 radical (unpaired) electrons. The molecule has 4 atom stereocenters.